The fourth-order valence-electron chi connectivity index (χ4n) is 2.23. The molecule has 20 heavy (non-hydrogen) atoms. The van der Waals surface area contributed by atoms with Gasteiger partial charge in [0.05, 0.1) is 11.6 Å². The highest BCUT2D eigenvalue weighted by Crippen LogP contribution is 2.37. The fraction of sp³-hybridized carbons (Fsp3) is 0.267. The maximum Gasteiger partial charge on any atom is 0.272 e. The molecule has 3 rings (SSSR count). The predicted octanol–water partition coefficient (Wildman–Crippen LogP) is 3.22. The van der Waals surface area contributed by atoms with E-state index in [2.05, 4.69) is 5.32 Å². The number of carbonyl (C=O) groups excluding carboxylic acids is 1. The van der Waals surface area contributed by atoms with Crippen molar-refractivity contribution in [2.24, 2.45) is 0 Å². The largest absolute Gasteiger partial charge is 0.392 e. The molecule has 0 saturated heterocycles. The fourth-order valence-corrected chi connectivity index (χ4v) is 2.43. The van der Waals surface area contributed by atoms with Crippen LogP contribution < -0.4 is 5.32 Å². The van der Waals surface area contributed by atoms with Gasteiger partial charge in [0.1, 0.15) is 5.69 Å². The minimum Gasteiger partial charge on any atom is -0.392 e. The number of aliphatic hydroxyl groups excluding tert-OH is 1. The van der Waals surface area contributed by atoms with Crippen LogP contribution in [0.5, 0.6) is 0 Å². The van der Waals surface area contributed by atoms with E-state index in [0.29, 0.717) is 22.4 Å². The minimum absolute atomic E-state index is 0.0476. The molecule has 1 aromatic carbocycles. The quantitative estimate of drug-likeness (QED) is 0.908. The van der Waals surface area contributed by atoms with Gasteiger partial charge in [0.15, 0.2) is 0 Å². The summed E-state index contributed by atoms with van der Waals surface area (Å²) in [6, 6.07) is 9.23. The van der Waals surface area contributed by atoms with E-state index >= 15 is 0 Å². The van der Waals surface area contributed by atoms with Gasteiger partial charge in [0.2, 0.25) is 0 Å². The highest BCUT2D eigenvalue weighted by atomic mass is 35.5. The summed E-state index contributed by atoms with van der Waals surface area (Å²) >= 11 is 6.00. The monoisotopic (exact) mass is 290 g/mol. The smallest absolute Gasteiger partial charge is 0.272 e. The number of amides is 1. The van der Waals surface area contributed by atoms with Crippen LogP contribution >= 0.6 is 11.6 Å². The van der Waals surface area contributed by atoms with Crippen molar-refractivity contribution in [1.29, 1.82) is 0 Å². The molecule has 5 heteroatoms. The molecule has 1 heterocycles. The molecule has 0 aliphatic heterocycles. The van der Waals surface area contributed by atoms with Gasteiger partial charge < -0.3 is 15.0 Å². The van der Waals surface area contributed by atoms with Gasteiger partial charge in [-0.15, -0.1) is 0 Å². The molecule has 1 saturated carbocycles. The van der Waals surface area contributed by atoms with Crippen LogP contribution in [0.25, 0.3) is 0 Å². The van der Waals surface area contributed by atoms with Gasteiger partial charge in [-0.05, 0) is 36.6 Å². The molecule has 0 spiro atoms. The van der Waals surface area contributed by atoms with Gasteiger partial charge >= 0.3 is 0 Å². The van der Waals surface area contributed by atoms with Crippen molar-refractivity contribution in [2.75, 3.05) is 5.32 Å². The summed E-state index contributed by atoms with van der Waals surface area (Å²) in [5.74, 6) is -0.182. The number of anilines is 1. The number of hydrogen-bond acceptors (Lipinski definition) is 2. The number of aromatic nitrogens is 1. The van der Waals surface area contributed by atoms with E-state index in [9.17, 15) is 4.79 Å². The van der Waals surface area contributed by atoms with Crippen LogP contribution in [-0.4, -0.2) is 15.6 Å². The summed E-state index contributed by atoms with van der Waals surface area (Å²) in [6.45, 7) is -0.0476. The number of nitrogens with zero attached hydrogens (tertiary/aromatic N) is 1. The average Bonchev–Trinajstić information content (AvgIpc) is 3.21. The molecule has 4 nitrogen and oxygen atoms in total. The van der Waals surface area contributed by atoms with E-state index in [1.165, 1.54) is 0 Å². The van der Waals surface area contributed by atoms with Crippen LogP contribution in [0.1, 0.15) is 34.9 Å². The molecule has 104 valence electrons. The van der Waals surface area contributed by atoms with Crippen LogP contribution in [-0.2, 0) is 6.61 Å². The van der Waals surface area contributed by atoms with Crippen LogP contribution in [0.15, 0.2) is 36.5 Å². The Morgan fingerprint density at radius 3 is 2.90 bits per heavy atom. The van der Waals surface area contributed by atoms with Crippen molar-refractivity contribution < 1.29 is 9.90 Å². The lowest BCUT2D eigenvalue weighted by molar-refractivity contribution is 0.101. The normalized spacial score (nSPS) is 14.3. The molecular formula is C15H15ClN2O2. The van der Waals surface area contributed by atoms with E-state index in [1.807, 2.05) is 4.57 Å². The van der Waals surface area contributed by atoms with Gasteiger partial charge in [-0.25, -0.2) is 0 Å². The molecule has 0 unspecified atom stereocenters. The van der Waals surface area contributed by atoms with E-state index in [1.54, 1.807) is 36.5 Å². The van der Waals surface area contributed by atoms with E-state index in [4.69, 9.17) is 16.7 Å². The Hall–Kier alpha value is -1.78. The lowest BCUT2D eigenvalue weighted by atomic mass is 10.2. The van der Waals surface area contributed by atoms with Crippen molar-refractivity contribution in [1.82, 2.24) is 4.57 Å². The first-order valence-corrected chi connectivity index (χ1v) is 6.93. The minimum atomic E-state index is -0.182. The Morgan fingerprint density at radius 2 is 2.20 bits per heavy atom. The van der Waals surface area contributed by atoms with Crippen LogP contribution in [0, 0.1) is 0 Å². The number of hydrogen-bond donors (Lipinski definition) is 2. The molecule has 1 amide bonds. The second-order valence-corrected chi connectivity index (χ2v) is 5.43. The second-order valence-electron chi connectivity index (χ2n) is 4.99. The van der Waals surface area contributed by atoms with Crippen molar-refractivity contribution in [3.63, 3.8) is 0 Å². The van der Waals surface area contributed by atoms with Crippen LogP contribution in [0.3, 0.4) is 0 Å². The number of halogens is 1. The Bertz CT molecular complexity index is 647. The zero-order valence-corrected chi connectivity index (χ0v) is 11.6. The Kier molecular flexibility index (Phi) is 3.51. The molecule has 2 N–H and O–H groups in total. The molecule has 1 aliphatic carbocycles. The van der Waals surface area contributed by atoms with Crippen molar-refractivity contribution in [3.05, 3.63) is 52.8 Å². The third-order valence-electron chi connectivity index (χ3n) is 3.36. The first-order valence-electron chi connectivity index (χ1n) is 6.56. The Balaban J connectivity index is 1.82. The zero-order valence-electron chi connectivity index (χ0n) is 10.8. The summed E-state index contributed by atoms with van der Waals surface area (Å²) in [4.78, 5) is 12.3. The summed E-state index contributed by atoms with van der Waals surface area (Å²) in [5.41, 5.74) is 2.01. The molecule has 2 aromatic rings. The number of carbonyl (C=O) groups is 1. The lowest BCUT2D eigenvalue weighted by Gasteiger charge is -2.09. The Labute approximate surface area is 122 Å². The molecular weight excluding hydrogens is 276 g/mol. The number of rotatable bonds is 4. The highest BCUT2D eigenvalue weighted by molar-refractivity contribution is 6.31. The van der Waals surface area contributed by atoms with Crippen molar-refractivity contribution in [3.8, 4) is 0 Å². The second kappa shape index (κ2) is 5.31. The van der Waals surface area contributed by atoms with Gasteiger partial charge in [0, 0.05) is 17.9 Å². The van der Waals surface area contributed by atoms with Crippen molar-refractivity contribution >= 4 is 23.2 Å². The maximum atomic E-state index is 12.3. The zero-order chi connectivity index (χ0) is 14.1. The topological polar surface area (TPSA) is 54.3 Å². The predicted molar refractivity (Wildman–Crippen MR) is 78.0 cm³/mol. The third-order valence-corrected chi connectivity index (χ3v) is 3.56. The molecule has 1 aliphatic rings. The van der Waals surface area contributed by atoms with Crippen molar-refractivity contribution in [2.45, 2.75) is 25.5 Å². The molecule has 0 radical (unpaired) electrons. The molecule has 0 atom stereocenters. The Morgan fingerprint density at radius 1 is 1.40 bits per heavy atom. The first-order chi connectivity index (χ1) is 9.67. The van der Waals surface area contributed by atoms with Gasteiger partial charge in [0.25, 0.3) is 5.91 Å². The van der Waals surface area contributed by atoms with Gasteiger partial charge in [-0.1, -0.05) is 23.7 Å². The average molecular weight is 291 g/mol. The lowest BCUT2D eigenvalue weighted by Crippen LogP contribution is -2.16. The third kappa shape index (κ3) is 2.71. The van der Waals surface area contributed by atoms with Gasteiger partial charge in [-0.2, -0.15) is 0 Å². The van der Waals surface area contributed by atoms with E-state index in [-0.39, 0.29) is 12.5 Å². The summed E-state index contributed by atoms with van der Waals surface area (Å²) < 4.78 is 1.94. The SMILES string of the molecule is O=C(Nc1cccc(CO)c1)c1cc(Cl)cn1C1CC1. The summed E-state index contributed by atoms with van der Waals surface area (Å²) in [7, 11) is 0. The summed E-state index contributed by atoms with van der Waals surface area (Å²) in [6.07, 6.45) is 3.98. The summed E-state index contributed by atoms with van der Waals surface area (Å²) in [5, 5.41) is 12.5. The maximum absolute atomic E-state index is 12.3. The number of aliphatic hydroxyl groups is 1. The van der Waals surface area contributed by atoms with E-state index in [0.717, 1.165) is 18.4 Å². The van der Waals surface area contributed by atoms with Crippen LogP contribution in [0.2, 0.25) is 5.02 Å². The molecule has 1 aromatic heterocycles. The van der Waals surface area contributed by atoms with Gasteiger partial charge in [-0.3, -0.25) is 4.79 Å². The number of benzene rings is 1. The number of nitrogens with one attached hydrogen (secondary N) is 1. The van der Waals surface area contributed by atoms with Crippen LogP contribution in [0.4, 0.5) is 5.69 Å². The highest BCUT2D eigenvalue weighted by Gasteiger charge is 2.27. The first kappa shape index (κ1) is 13.2. The molecule has 0 bridgehead atoms. The standard InChI is InChI=1S/C15H15ClN2O2/c16-11-7-14(18(8-11)13-4-5-13)15(20)17-12-3-1-2-10(6-12)9-19/h1-3,6-8,13,19H,4-5,9H2,(H,17,20). The van der Waals surface area contributed by atoms with E-state index < -0.39 is 0 Å². The molecule has 1 fully saturated rings.